The minimum Gasteiger partial charge on any atom is -0.413 e. The summed E-state index contributed by atoms with van der Waals surface area (Å²) in [6.45, 7) is -1.14. The van der Waals surface area contributed by atoms with E-state index in [1.807, 2.05) is 0 Å². The summed E-state index contributed by atoms with van der Waals surface area (Å²) in [6, 6.07) is 21.6. The van der Waals surface area contributed by atoms with Gasteiger partial charge in [-0.1, -0.05) is 60.7 Å². The Bertz CT molecular complexity index is 2870. The van der Waals surface area contributed by atoms with Gasteiger partial charge in [0.05, 0.1) is 54.0 Å². The maximum atomic E-state index is 14.5. The van der Waals surface area contributed by atoms with Crippen LogP contribution in [0, 0.1) is 11.6 Å². The summed E-state index contributed by atoms with van der Waals surface area (Å²) < 4.78 is 155. The van der Waals surface area contributed by atoms with Crippen molar-refractivity contribution in [3.05, 3.63) is 131 Å². The molecule has 0 atom stereocenters. The minimum atomic E-state index is -5.11. The molecule has 26 heteroatoms. The van der Waals surface area contributed by atoms with E-state index in [2.05, 4.69) is 14.6 Å². The number of halogens is 8. The first-order valence-electron chi connectivity index (χ1n) is 20.4. The number of para-hydroxylation sites is 2. The zero-order valence-corrected chi connectivity index (χ0v) is 37.3. The van der Waals surface area contributed by atoms with E-state index < -0.39 is 79.8 Å². The molecule has 0 saturated carbocycles. The first-order chi connectivity index (χ1) is 32.4. The second-order valence-corrected chi connectivity index (χ2v) is 19.9. The smallest absolute Gasteiger partial charge is 0.413 e. The third kappa shape index (κ3) is 13.6. The molecule has 7 rings (SSSR count). The van der Waals surface area contributed by atoms with E-state index in [9.17, 15) is 71.1 Å². The highest BCUT2D eigenvalue weighted by Gasteiger charge is 2.39. The van der Waals surface area contributed by atoms with Crippen molar-refractivity contribution in [1.82, 2.24) is 25.3 Å². The zero-order valence-electron chi connectivity index (χ0n) is 35.7. The van der Waals surface area contributed by atoms with Gasteiger partial charge in [0.1, 0.15) is 11.6 Å². The number of carbonyl (C=O) groups is 4. The lowest BCUT2D eigenvalue weighted by Crippen LogP contribution is -2.50. The first-order valence-corrected chi connectivity index (χ1v) is 24.0. The molecule has 1 N–H and O–H groups in total. The van der Waals surface area contributed by atoms with Gasteiger partial charge in [0, 0.05) is 37.3 Å². The molecule has 0 aliphatic carbocycles. The van der Waals surface area contributed by atoms with Crippen LogP contribution in [-0.2, 0) is 43.7 Å². The summed E-state index contributed by atoms with van der Waals surface area (Å²) in [6.07, 6.45) is -9.87. The van der Waals surface area contributed by atoms with E-state index in [-0.39, 0.29) is 90.7 Å². The van der Waals surface area contributed by atoms with Crippen molar-refractivity contribution in [3.63, 3.8) is 0 Å². The predicted molar refractivity (Wildman–Crippen MR) is 231 cm³/mol. The van der Waals surface area contributed by atoms with Gasteiger partial charge in [-0.15, -0.1) is 10.2 Å². The molecule has 5 aromatic rings. The number of nitrogens with zero attached hydrogens (tertiary/aromatic N) is 6. The predicted octanol–water partition coefficient (Wildman–Crippen LogP) is 6.30. The van der Waals surface area contributed by atoms with Gasteiger partial charge in [0.2, 0.25) is 5.89 Å². The lowest BCUT2D eigenvalue weighted by atomic mass is 10.1. The van der Waals surface area contributed by atoms with E-state index in [1.54, 1.807) is 6.07 Å². The van der Waals surface area contributed by atoms with Gasteiger partial charge in [0.25, 0.3) is 0 Å². The summed E-state index contributed by atoms with van der Waals surface area (Å²) in [5, 5.41) is 7.88. The van der Waals surface area contributed by atoms with Crippen molar-refractivity contribution >= 4 is 54.8 Å². The quantitative estimate of drug-likeness (QED) is 0.122. The molecule has 5 amide bonds. The number of Topliss-reactive ketones (excluding diaryl/α,β-unsaturated/α-hetero) is 1. The molecule has 2 aliphatic rings. The van der Waals surface area contributed by atoms with Crippen LogP contribution >= 0.6 is 0 Å². The van der Waals surface area contributed by atoms with Crippen LogP contribution in [0.3, 0.4) is 0 Å². The highest BCUT2D eigenvalue weighted by molar-refractivity contribution is 7.91. The van der Waals surface area contributed by atoms with E-state index >= 15 is 0 Å². The van der Waals surface area contributed by atoms with Crippen LogP contribution < -0.4 is 15.1 Å². The van der Waals surface area contributed by atoms with E-state index in [4.69, 9.17) is 0 Å². The number of aromatic nitrogens is 2. The van der Waals surface area contributed by atoms with Crippen LogP contribution in [0.4, 0.5) is 56.1 Å². The second kappa shape index (κ2) is 21.1. The first kappa shape index (κ1) is 51.4. The van der Waals surface area contributed by atoms with Gasteiger partial charge in [-0.2, -0.15) is 26.3 Å². The molecule has 0 unspecified atom stereocenters. The Morgan fingerprint density at radius 1 is 0.609 bits per heavy atom. The van der Waals surface area contributed by atoms with Crippen LogP contribution in [0.1, 0.15) is 27.4 Å². The topological polar surface area (TPSA) is 200 Å². The van der Waals surface area contributed by atoms with Gasteiger partial charge in [-0.25, -0.2) is 35.2 Å². The van der Waals surface area contributed by atoms with Crippen molar-refractivity contribution in [2.24, 2.45) is 0 Å². The summed E-state index contributed by atoms with van der Waals surface area (Å²) in [5.41, 5.74) is 1.26. The van der Waals surface area contributed by atoms with Crippen molar-refractivity contribution in [3.8, 4) is 11.5 Å². The Morgan fingerprint density at radius 2 is 1.03 bits per heavy atom. The van der Waals surface area contributed by atoms with Gasteiger partial charge >= 0.3 is 36.2 Å². The Kier molecular flexibility index (Phi) is 15.8. The second-order valence-electron chi connectivity index (χ2n) is 15.3. The SMILES string of the molecule is O=C(CNC(=O)C(F)(F)F)c1ccc(CN(C(=O)N2CCS(=O)(=O)CC2)c2ccccc2F)cc1.O=C(N1CCS(=O)(=O)CC1)N(Cc1ccc(-c2nnc(C(F)(F)F)o2)cc1)c1ccccc1F. The van der Waals surface area contributed by atoms with Crippen molar-refractivity contribution in [1.29, 1.82) is 0 Å². The number of carbonyl (C=O) groups excluding carboxylic acids is 4. The number of urea groups is 2. The fourth-order valence-electron chi connectivity index (χ4n) is 6.73. The molecule has 3 heterocycles. The molecule has 0 radical (unpaired) electrons. The Balaban J connectivity index is 0.000000227. The van der Waals surface area contributed by atoms with Crippen molar-refractivity contribution < 1.29 is 75.6 Å². The number of benzene rings is 4. The van der Waals surface area contributed by atoms with Gasteiger partial charge in [-0.3, -0.25) is 19.4 Å². The third-order valence-corrected chi connectivity index (χ3v) is 13.7. The number of rotatable bonds is 10. The fourth-order valence-corrected chi connectivity index (χ4v) is 9.14. The Hall–Kier alpha value is -6.96. The summed E-state index contributed by atoms with van der Waals surface area (Å²) in [5.74, 6) is -6.84. The molecule has 0 bridgehead atoms. The van der Waals surface area contributed by atoms with E-state index in [1.165, 1.54) is 111 Å². The number of ketones is 1. The molecule has 2 aliphatic heterocycles. The molecule has 368 valence electrons. The monoisotopic (exact) mass is 1010 g/mol. The standard InChI is InChI=1S/C22H21F4N3O5S.C21H18F4N4O4S/c23-17-3-1-2-4-18(17)29(21(32)28-9-11-35(33,34)12-10-28)14-15-5-7-16(8-6-15)19(30)13-27-20(31)22(24,25)26;22-16-3-1-2-4-17(16)29(20(30)28-9-11-34(31,32)12-10-28)13-14-5-7-15(8-6-14)18-26-27-19(33-18)21(23,24)25/h1-8H,9-14H2,(H,27,31);1-8H,9-13H2. The van der Waals surface area contributed by atoms with Crippen molar-refractivity contribution in [2.75, 3.05) is 65.5 Å². The molecule has 2 fully saturated rings. The average molecular weight is 1010 g/mol. The largest absolute Gasteiger partial charge is 0.471 e. The normalized spacial score (nSPS) is 15.6. The summed E-state index contributed by atoms with van der Waals surface area (Å²) in [4.78, 5) is 54.3. The van der Waals surface area contributed by atoms with Gasteiger partial charge in [-0.05, 0) is 47.5 Å². The van der Waals surface area contributed by atoms with Crippen LogP contribution in [-0.4, -0.2) is 122 Å². The maximum absolute atomic E-state index is 14.5. The molecular formula is C43H39F8N7O9S2. The molecule has 16 nitrogen and oxygen atoms in total. The molecule has 69 heavy (non-hydrogen) atoms. The molecule has 1 aromatic heterocycles. The van der Waals surface area contributed by atoms with Crippen LogP contribution in [0.15, 0.2) is 101 Å². The van der Waals surface area contributed by atoms with Crippen LogP contribution in [0.5, 0.6) is 0 Å². The number of hydrogen-bond donors (Lipinski definition) is 1. The minimum absolute atomic E-state index is 0.0102. The summed E-state index contributed by atoms with van der Waals surface area (Å²) in [7, 11) is -6.47. The lowest BCUT2D eigenvalue weighted by molar-refractivity contribution is -0.173. The molecular weight excluding hydrogens is 975 g/mol. The highest BCUT2D eigenvalue weighted by Crippen LogP contribution is 2.31. The number of sulfone groups is 2. The number of amides is 5. The van der Waals surface area contributed by atoms with Gasteiger partial charge < -0.3 is 19.5 Å². The van der Waals surface area contributed by atoms with Crippen LogP contribution in [0.2, 0.25) is 0 Å². The fraction of sp³-hybridized carbons (Fsp3) is 0.302. The number of hydrogen-bond acceptors (Lipinski definition) is 11. The third-order valence-electron chi connectivity index (χ3n) is 10.5. The zero-order chi connectivity index (χ0) is 50.3. The maximum Gasteiger partial charge on any atom is 0.471 e. The molecule has 4 aromatic carbocycles. The Morgan fingerprint density at radius 3 is 1.42 bits per heavy atom. The van der Waals surface area contributed by atoms with Crippen molar-refractivity contribution in [2.45, 2.75) is 25.4 Å². The van der Waals surface area contributed by atoms with E-state index in [0.717, 1.165) is 4.90 Å². The van der Waals surface area contributed by atoms with Crippen LogP contribution in [0.25, 0.3) is 11.5 Å². The molecule has 0 spiro atoms. The number of nitrogens with one attached hydrogen (secondary N) is 1. The summed E-state index contributed by atoms with van der Waals surface area (Å²) >= 11 is 0. The Labute approximate surface area is 388 Å². The molecule has 2 saturated heterocycles. The van der Waals surface area contributed by atoms with Gasteiger partial charge in [0.15, 0.2) is 25.5 Å². The lowest BCUT2D eigenvalue weighted by Gasteiger charge is -2.33. The number of anilines is 2. The number of alkyl halides is 6. The highest BCUT2D eigenvalue weighted by atomic mass is 32.2. The van der Waals surface area contributed by atoms with E-state index in [0.29, 0.717) is 11.1 Å². The average Bonchev–Trinajstić information content (AvgIpc) is 3.82.